The highest BCUT2D eigenvalue weighted by molar-refractivity contribution is 7.18. The van der Waals surface area contributed by atoms with E-state index in [1.165, 1.54) is 23.1 Å². The average Bonchev–Trinajstić information content (AvgIpc) is 3.27. The number of aromatic amines is 1. The maximum atomic E-state index is 12.7. The molecule has 2 fully saturated rings. The summed E-state index contributed by atoms with van der Waals surface area (Å²) in [5.74, 6) is -1.55. The maximum Gasteiger partial charge on any atom is 0.329 e. The van der Waals surface area contributed by atoms with Crippen molar-refractivity contribution in [2.75, 3.05) is 0 Å². The number of imide groups is 1. The lowest BCUT2D eigenvalue weighted by atomic mass is 9.81. The first kappa shape index (κ1) is 20.4. The van der Waals surface area contributed by atoms with Crippen LogP contribution in [-0.4, -0.2) is 38.7 Å². The first-order valence-electron chi connectivity index (χ1n) is 11.0. The lowest BCUT2D eigenvalue weighted by Crippen LogP contribution is -2.44. The second-order valence-corrected chi connectivity index (χ2v) is 9.81. The van der Waals surface area contributed by atoms with Crippen molar-refractivity contribution in [2.45, 2.75) is 70.9 Å². The molecular weight excluding hydrogens is 418 g/mol. The first-order chi connectivity index (χ1) is 15.0. The van der Waals surface area contributed by atoms with Crippen molar-refractivity contribution in [2.24, 2.45) is 11.8 Å². The van der Waals surface area contributed by atoms with E-state index in [2.05, 4.69) is 9.97 Å². The monoisotopic (exact) mass is 443 g/mol. The van der Waals surface area contributed by atoms with Gasteiger partial charge in [0.05, 0.1) is 17.2 Å². The largest absolute Gasteiger partial charge is 0.456 e. The smallest absolute Gasteiger partial charge is 0.329 e. The van der Waals surface area contributed by atoms with Gasteiger partial charge < -0.3 is 9.72 Å². The Balaban J connectivity index is 1.30. The molecule has 1 saturated heterocycles. The van der Waals surface area contributed by atoms with Gasteiger partial charge in [-0.3, -0.25) is 19.3 Å². The van der Waals surface area contributed by atoms with Crippen molar-refractivity contribution in [3.8, 4) is 0 Å². The fourth-order valence-electron chi connectivity index (χ4n) is 5.21. The zero-order valence-electron chi connectivity index (χ0n) is 17.4. The summed E-state index contributed by atoms with van der Waals surface area (Å²) in [7, 11) is 0. The lowest BCUT2D eigenvalue weighted by molar-refractivity contribution is -0.159. The van der Waals surface area contributed by atoms with Gasteiger partial charge in [-0.2, -0.15) is 0 Å². The molecule has 9 heteroatoms. The molecule has 2 aromatic rings. The number of esters is 1. The highest BCUT2D eigenvalue weighted by atomic mass is 32.1. The van der Waals surface area contributed by atoms with Crippen LogP contribution in [0.2, 0.25) is 0 Å². The Bertz CT molecular complexity index is 1110. The Morgan fingerprint density at radius 3 is 2.52 bits per heavy atom. The third kappa shape index (κ3) is 3.39. The highest BCUT2D eigenvalue weighted by Crippen LogP contribution is 2.39. The third-order valence-corrected chi connectivity index (χ3v) is 8.01. The minimum atomic E-state index is -0.991. The van der Waals surface area contributed by atoms with Gasteiger partial charge in [-0.25, -0.2) is 9.78 Å². The van der Waals surface area contributed by atoms with Crippen LogP contribution in [0.5, 0.6) is 0 Å². The summed E-state index contributed by atoms with van der Waals surface area (Å²) in [6.07, 6.45) is 7.32. The van der Waals surface area contributed by atoms with Gasteiger partial charge >= 0.3 is 5.97 Å². The van der Waals surface area contributed by atoms with Crippen LogP contribution in [-0.2, 0) is 38.6 Å². The number of amides is 2. The minimum Gasteiger partial charge on any atom is -0.456 e. The van der Waals surface area contributed by atoms with Crippen LogP contribution in [0.4, 0.5) is 0 Å². The van der Waals surface area contributed by atoms with Gasteiger partial charge in [-0.05, 0) is 51.0 Å². The van der Waals surface area contributed by atoms with Crippen LogP contribution in [0.1, 0.15) is 61.7 Å². The van der Waals surface area contributed by atoms with Gasteiger partial charge in [0.15, 0.2) is 0 Å². The molecule has 1 aliphatic heterocycles. The molecule has 3 unspecified atom stereocenters. The predicted molar refractivity (Wildman–Crippen MR) is 113 cm³/mol. The predicted octanol–water partition coefficient (Wildman–Crippen LogP) is 2.47. The van der Waals surface area contributed by atoms with Crippen molar-refractivity contribution < 1.29 is 19.1 Å². The number of hydrogen-bond acceptors (Lipinski definition) is 7. The molecule has 2 aromatic heterocycles. The van der Waals surface area contributed by atoms with Crippen LogP contribution in [0.15, 0.2) is 4.79 Å². The van der Waals surface area contributed by atoms with Crippen LogP contribution >= 0.6 is 11.3 Å². The number of aromatic nitrogens is 2. The number of fused-ring (bicyclic) bond motifs is 4. The third-order valence-electron chi connectivity index (χ3n) is 6.83. The second-order valence-electron chi connectivity index (χ2n) is 8.73. The number of nitrogens with one attached hydrogen (secondary N) is 1. The zero-order valence-corrected chi connectivity index (χ0v) is 18.3. The molecule has 8 nitrogen and oxygen atoms in total. The molecule has 3 heterocycles. The Morgan fingerprint density at radius 2 is 1.81 bits per heavy atom. The Labute approximate surface area is 183 Å². The van der Waals surface area contributed by atoms with Gasteiger partial charge in [0, 0.05) is 4.88 Å². The molecule has 0 bridgehead atoms. The van der Waals surface area contributed by atoms with Crippen LogP contribution in [0.3, 0.4) is 0 Å². The van der Waals surface area contributed by atoms with E-state index >= 15 is 0 Å². The topological polar surface area (TPSA) is 109 Å². The van der Waals surface area contributed by atoms with E-state index in [9.17, 15) is 19.2 Å². The summed E-state index contributed by atoms with van der Waals surface area (Å²) in [5, 5.41) is 0.652. The molecular formula is C22H25N3O5S. The highest BCUT2D eigenvalue weighted by Gasteiger charge is 2.51. The van der Waals surface area contributed by atoms with Crippen LogP contribution < -0.4 is 5.56 Å². The molecule has 1 N–H and O–H groups in total. The first-order valence-corrected chi connectivity index (χ1v) is 11.8. The fourth-order valence-corrected chi connectivity index (χ4v) is 6.49. The molecule has 164 valence electrons. The number of rotatable bonds is 4. The van der Waals surface area contributed by atoms with Gasteiger partial charge in [-0.1, -0.05) is 12.8 Å². The molecule has 2 aliphatic carbocycles. The SMILES string of the molecule is CC(C(=O)OCc1nc2sc3c(c2c(=O)[nH]1)CCCC3)N1C(=O)C2CCCCC2C1=O. The zero-order chi connectivity index (χ0) is 21.7. The molecule has 3 aliphatic rings. The molecule has 0 aromatic carbocycles. The maximum absolute atomic E-state index is 12.7. The van der Waals surface area contributed by atoms with Gasteiger partial charge in [0.25, 0.3) is 5.56 Å². The van der Waals surface area contributed by atoms with Crippen molar-refractivity contribution in [3.63, 3.8) is 0 Å². The Hall–Kier alpha value is -2.55. The number of thiophene rings is 1. The number of carbonyl (C=O) groups excluding carboxylic acids is 3. The molecule has 5 rings (SSSR count). The molecule has 2 amide bonds. The van der Waals surface area contributed by atoms with E-state index in [-0.39, 0.29) is 41.6 Å². The molecule has 31 heavy (non-hydrogen) atoms. The number of carbonyl (C=O) groups is 3. The number of nitrogens with zero attached hydrogens (tertiary/aromatic N) is 2. The number of likely N-dealkylation sites (tertiary alicyclic amines) is 1. The fraction of sp³-hybridized carbons (Fsp3) is 0.591. The minimum absolute atomic E-state index is 0.208. The van der Waals surface area contributed by atoms with E-state index in [4.69, 9.17) is 4.74 Å². The molecule has 0 radical (unpaired) electrons. The summed E-state index contributed by atoms with van der Waals surface area (Å²) >= 11 is 1.53. The molecule has 0 spiro atoms. The van der Waals surface area contributed by atoms with Gasteiger partial charge in [0.1, 0.15) is 23.3 Å². The van der Waals surface area contributed by atoms with Gasteiger partial charge in [0.2, 0.25) is 11.8 Å². The van der Waals surface area contributed by atoms with Gasteiger partial charge in [-0.15, -0.1) is 11.3 Å². The Kier molecular flexibility index (Phi) is 5.16. The van der Waals surface area contributed by atoms with E-state index in [1.807, 2.05) is 0 Å². The normalized spacial score (nSPS) is 24.2. The van der Waals surface area contributed by atoms with E-state index in [1.54, 1.807) is 0 Å². The second kappa shape index (κ2) is 7.85. The standard InChI is InChI=1S/C22H25N3O5S/c1-11(25-20(27)12-6-2-3-7-13(12)21(25)28)22(29)30-10-16-23-18(26)17-14-8-4-5-9-15(14)31-19(17)24-16/h11-13H,2-10H2,1H3,(H,23,24,26). The average molecular weight is 444 g/mol. The number of H-pyrrole nitrogens is 1. The number of aryl methyl sites for hydroxylation is 2. The summed E-state index contributed by atoms with van der Waals surface area (Å²) in [5.41, 5.74) is 0.891. The van der Waals surface area contributed by atoms with Crippen molar-refractivity contribution in [1.29, 1.82) is 0 Å². The summed E-state index contributed by atoms with van der Waals surface area (Å²) in [6, 6.07) is -0.991. The lowest BCUT2D eigenvalue weighted by Gasteiger charge is -2.21. The summed E-state index contributed by atoms with van der Waals surface area (Å²) < 4.78 is 5.35. The Morgan fingerprint density at radius 1 is 1.13 bits per heavy atom. The van der Waals surface area contributed by atoms with Crippen molar-refractivity contribution >= 4 is 39.3 Å². The van der Waals surface area contributed by atoms with Crippen molar-refractivity contribution in [3.05, 3.63) is 26.6 Å². The number of ether oxygens (including phenoxy) is 1. The van der Waals surface area contributed by atoms with Crippen LogP contribution in [0.25, 0.3) is 10.2 Å². The molecule has 3 atom stereocenters. The number of hydrogen-bond donors (Lipinski definition) is 1. The van der Waals surface area contributed by atoms with E-state index < -0.39 is 12.0 Å². The van der Waals surface area contributed by atoms with E-state index in [0.717, 1.165) is 49.0 Å². The molecule has 1 saturated carbocycles. The summed E-state index contributed by atoms with van der Waals surface area (Å²) in [6.45, 7) is 1.31. The van der Waals surface area contributed by atoms with Crippen molar-refractivity contribution in [1.82, 2.24) is 14.9 Å². The van der Waals surface area contributed by atoms with Crippen LogP contribution in [0, 0.1) is 11.8 Å². The van der Waals surface area contributed by atoms with E-state index in [0.29, 0.717) is 23.1 Å². The summed E-state index contributed by atoms with van der Waals surface area (Å²) in [4.78, 5) is 60.8. The quantitative estimate of drug-likeness (QED) is 0.574.